The molecular formula is C10H12ClN5OS2. The van der Waals surface area contributed by atoms with Crippen molar-refractivity contribution in [2.45, 2.75) is 42.8 Å². The Labute approximate surface area is 124 Å². The van der Waals surface area contributed by atoms with Gasteiger partial charge in [-0.25, -0.2) is 4.98 Å². The molecule has 2 rings (SSSR count). The first-order valence-corrected chi connectivity index (χ1v) is 7.62. The van der Waals surface area contributed by atoms with Crippen LogP contribution in [0, 0.1) is 0 Å². The quantitative estimate of drug-likeness (QED) is 0.839. The molecule has 0 aliphatic carbocycles. The van der Waals surface area contributed by atoms with E-state index in [0.717, 1.165) is 16.6 Å². The van der Waals surface area contributed by atoms with Crippen LogP contribution in [0.5, 0.6) is 6.01 Å². The van der Waals surface area contributed by atoms with Gasteiger partial charge in [0.25, 0.3) is 0 Å². The minimum atomic E-state index is -0.0236. The molecule has 6 nitrogen and oxygen atoms in total. The molecule has 0 saturated carbocycles. The van der Waals surface area contributed by atoms with Gasteiger partial charge in [0, 0.05) is 6.42 Å². The zero-order valence-electron chi connectivity index (χ0n) is 10.6. The number of rotatable bonds is 5. The maximum absolute atomic E-state index is 5.84. The second-order valence-electron chi connectivity index (χ2n) is 3.77. The molecule has 0 aliphatic heterocycles. The lowest BCUT2D eigenvalue weighted by molar-refractivity contribution is 0.219. The molecule has 2 aromatic rings. The predicted molar refractivity (Wildman–Crippen MR) is 74.0 cm³/mol. The van der Waals surface area contributed by atoms with Crippen molar-refractivity contribution < 1.29 is 4.74 Å². The number of nitrogens with zero attached hydrogens (tertiary/aromatic N) is 5. The van der Waals surface area contributed by atoms with Gasteiger partial charge in [-0.3, -0.25) is 0 Å². The fraction of sp³-hybridized carbons (Fsp3) is 0.500. The molecule has 0 N–H and O–H groups in total. The molecule has 2 aromatic heterocycles. The van der Waals surface area contributed by atoms with E-state index >= 15 is 0 Å². The van der Waals surface area contributed by atoms with Crippen LogP contribution in [-0.2, 0) is 6.42 Å². The van der Waals surface area contributed by atoms with Crippen LogP contribution in [0.15, 0.2) is 9.50 Å². The van der Waals surface area contributed by atoms with Crippen LogP contribution >= 0.6 is 34.9 Å². The second-order valence-corrected chi connectivity index (χ2v) is 6.07. The zero-order valence-corrected chi connectivity index (χ0v) is 13.0. The van der Waals surface area contributed by atoms with E-state index in [-0.39, 0.29) is 17.4 Å². The Morgan fingerprint density at radius 1 is 1.26 bits per heavy atom. The maximum Gasteiger partial charge on any atom is 0.322 e. The number of aromatic nitrogens is 5. The fourth-order valence-corrected chi connectivity index (χ4v) is 2.87. The van der Waals surface area contributed by atoms with Gasteiger partial charge in [0.05, 0.1) is 6.10 Å². The van der Waals surface area contributed by atoms with E-state index in [0.29, 0.717) is 5.16 Å². The number of hydrogen-bond acceptors (Lipinski definition) is 8. The summed E-state index contributed by atoms with van der Waals surface area (Å²) in [7, 11) is 0. The lowest BCUT2D eigenvalue weighted by atomic mass is 10.5. The van der Waals surface area contributed by atoms with Crippen LogP contribution in [0.3, 0.4) is 0 Å². The number of halogens is 1. The monoisotopic (exact) mass is 317 g/mol. The van der Waals surface area contributed by atoms with Gasteiger partial charge in [-0.05, 0) is 48.7 Å². The molecule has 19 heavy (non-hydrogen) atoms. The molecule has 2 heterocycles. The van der Waals surface area contributed by atoms with E-state index in [4.69, 9.17) is 16.3 Å². The summed E-state index contributed by atoms with van der Waals surface area (Å²) in [6, 6.07) is 0.220. The summed E-state index contributed by atoms with van der Waals surface area (Å²) < 4.78 is 10.4. The first kappa shape index (κ1) is 14.4. The first-order chi connectivity index (χ1) is 9.06. The van der Waals surface area contributed by atoms with E-state index < -0.39 is 0 Å². The summed E-state index contributed by atoms with van der Waals surface area (Å²) in [5.41, 5.74) is 0. The predicted octanol–water partition coefficient (Wildman–Crippen LogP) is 2.88. The maximum atomic E-state index is 5.84. The van der Waals surface area contributed by atoms with Crippen LogP contribution in [0.4, 0.5) is 0 Å². The Morgan fingerprint density at radius 3 is 2.68 bits per heavy atom. The lowest BCUT2D eigenvalue weighted by Crippen LogP contribution is -2.09. The Kier molecular flexibility index (Phi) is 4.89. The molecule has 0 aliphatic rings. The molecule has 0 unspecified atom stereocenters. The third-order valence-electron chi connectivity index (χ3n) is 1.85. The van der Waals surface area contributed by atoms with E-state index in [1.807, 2.05) is 20.8 Å². The standard InChI is InChI=1S/C10H12ClN5OS2/c1-4-6-12-10(19-16-6)18-9-14-7(11)13-8(15-9)17-5(2)3/h5H,4H2,1-3H3. The Bertz CT molecular complexity index is 563. The highest BCUT2D eigenvalue weighted by Gasteiger charge is 2.11. The largest absolute Gasteiger partial charge is 0.461 e. The first-order valence-electron chi connectivity index (χ1n) is 5.65. The molecule has 0 aromatic carbocycles. The van der Waals surface area contributed by atoms with Gasteiger partial charge >= 0.3 is 6.01 Å². The van der Waals surface area contributed by atoms with Crippen molar-refractivity contribution in [3.8, 4) is 6.01 Å². The van der Waals surface area contributed by atoms with Crippen molar-refractivity contribution in [3.05, 3.63) is 11.1 Å². The Hall–Kier alpha value is -0.990. The third-order valence-corrected chi connectivity index (χ3v) is 3.68. The van der Waals surface area contributed by atoms with Gasteiger partial charge in [-0.15, -0.1) is 0 Å². The number of hydrogen-bond donors (Lipinski definition) is 0. The van der Waals surface area contributed by atoms with Crippen LogP contribution in [0.1, 0.15) is 26.6 Å². The molecule has 0 radical (unpaired) electrons. The van der Waals surface area contributed by atoms with Crippen molar-refractivity contribution in [2.24, 2.45) is 0 Å². The minimum absolute atomic E-state index is 0.0236. The Morgan fingerprint density at radius 2 is 2.05 bits per heavy atom. The molecule has 0 saturated heterocycles. The molecule has 0 atom stereocenters. The van der Waals surface area contributed by atoms with Crippen LogP contribution in [0.25, 0.3) is 0 Å². The average molecular weight is 318 g/mol. The van der Waals surface area contributed by atoms with Crippen molar-refractivity contribution in [3.63, 3.8) is 0 Å². The third kappa shape index (κ3) is 4.26. The zero-order chi connectivity index (χ0) is 13.8. The summed E-state index contributed by atoms with van der Waals surface area (Å²) in [5.74, 6) is 0.811. The molecule has 0 amide bonds. The van der Waals surface area contributed by atoms with Crippen LogP contribution in [-0.4, -0.2) is 30.4 Å². The van der Waals surface area contributed by atoms with Gasteiger partial charge in [-0.2, -0.15) is 19.3 Å². The normalized spacial score (nSPS) is 11.0. The van der Waals surface area contributed by atoms with E-state index in [2.05, 4.69) is 24.3 Å². The highest BCUT2D eigenvalue weighted by Crippen LogP contribution is 2.27. The SMILES string of the molecule is CCc1nsc(Sc2nc(Cl)nc(OC(C)C)n2)n1. The van der Waals surface area contributed by atoms with Gasteiger partial charge in [0.1, 0.15) is 5.82 Å². The summed E-state index contributed by atoms with van der Waals surface area (Å²) in [4.78, 5) is 16.5. The van der Waals surface area contributed by atoms with Gasteiger partial charge in [0.15, 0.2) is 4.34 Å². The van der Waals surface area contributed by atoms with Crippen LogP contribution in [0.2, 0.25) is 5.28 Å². The Balaban J connectivity index is 2.17. The molecule has 0 spiro atoms. The van der Waals surface area contributed by atoms with Crippen molar-refractivity contribution >= 4 is 34.9 Å². The van der Waals surface area contributed by atoms with E-state index in [1.54, 1.807) is 0 Å². The molecule has 9 heteroatoms. The van der Waals surface area contributed by atoms with Crippen molar-refractivity contribution in [2.75, 3.05) is 0 Å². The van der Waals surface area contributed by atoms with E-state index in [1.165, 1.54) is 23.3 Å². The lowest BCUT2D eigenvalue weighted by Gasteiger charge is -2.07. The number of aryl methyl sites for hydroxylation is 1. The average Bonchev–Trinajstić information content (AvgIpc) is 2.74. The van der Waals surface area contributed by atoms with Gasteiger partial charge < -0.3 is 4.74 Å². The molecular weight excluding hydrogens is 306 g/mol. The van der Waals surface area contributed by atoms with E-state index in [9.17, 15) is 0 Å². The topological polar surface area (TPSA) is 73.7 Å². The summed E-state index contributed by atoms with van der Waals surface area (Å²) >= 11 is 8.45. The molecule has 0 bridgehead atoms. The summed E-state index contributed by atoms with van der Waals surface area (Å²) in [5, 5.41) is 0.558. The van der Waals surface area contributed by atoms with Crippen molar-refractivity contribution in [1.82, 2.24) is 24.3 Å². The molecule has 102 valence electrons. The number of ether oxygens (including phenoxy) is 1. The summed E-state index contributed by atoms with van der Waals surface area (Å²) in [6.45, 7) is 5.79. The smallest absolute Gasteiger partial charge is 0.322 e. The van der Waals surface area contributed by atoms with Crippen LogP contribution < -0.4 is 4.74 Å². The highest BCUT2D eigenvalue weighted by atomic mass is 35.5. The summed E-state index contributed by atoms with van der Waals surface area (Å²) in [6.07, 6.45) is 0.779. The fourth-order valence-electron chi connectivity index (χ4n) is 1.12. The van der Waals surface area contributed by atoms with Gasteiger partial charge in [-0.1, -0.05) is 6.92 Å². The van der Waals surface area contributed by atoms with Gasteiger partial charge in [0.2, 0.25) is 10.4 Å². The highest BCUT2D eigenvalue weighted by molar-refractivity contribution is 8.00. The minimum Gasteiger partial charge on any atom is -0.461 e. The molecule has 0 fully saturated rings. The second kappa shape index (κ2) is 6.44. The van der Waals surface area contributed by atoms with Crippen molar-refractivity contribution in [1.29, 1.82) is 0 Å².